The smallest absolute Gasteiger partial charge is 0.253 e. The molecule has 3 aromatic rings. The predicted molar refractivity (Wildman–Crippen MR) is 120 cm³/mol. The summed E-state index contributed by atoms with van der Waals surface area (Å²) in [5, 5.41) is 0. The zero-order valence-corrected chi connectivity index (χ0v) is 18.2. The van der Waals surface area contributed by atoms with Crippen LogP contribution in [0.2, 0.25) is 0 Å². The molecule has 3 rings (SSSR count). The van der Waals surface area contributed by atoms with Crippen LogP contribution in [0.25, 0.3) is 0 Å². The topological polar surface area (TPSA) is 60.9 Å². The Kier molecular flexibility index (Phi) is 7.87. The average Bonchev–Trinajstić information content (AvgIpc) is 2.79. The maximum absolute atomic E-state index is 12.9. The quantitative estimate of drug-likeness (QED) is 0.483. The third-order valence-electron chi connectivity index (χ3n) is 4.76. The number of hydrogen-bond donors (Lipinski definition) is 0. The Labute approximate surface area is 183 Å². The van der Waals surface area contributed by atoms with Crippen molar-refractivity contribution in [1.82, 2.24) is 9.88 Å². The minimum absolute atomic E-state index is 0.102. The molecular formula is C25H28N2O4. The fraction of sp³-hybridized carbons (Fsp3) is 0.280. The highest BCUT2D eigenvalue weighted by atomic mass is 16.5. The molecule has 0 aliphatic carbocycles. The van der Waals surface area contributed by atoms with Gasteiger partial charge in [-0.1, -0.05) is 18.2 Å². The molecule has 0 radical (unpaired) electrons. The molecule has 0 fully saturated rings. The molecule has 6 heteroatoms. The van der Waals surface area contributed by atoms with Crippen molar-refractivity contribution < 1.29 is 19.0 Å². The van der Waals surface area contributed by atoms with Crippen molar-refractivity contribution in [1.29, 1.82) is 0 Å². The summed E-state index contributed by atoms with van der Waals surface area (Å²) in [5.41, 5.74) is 2.62. The average molecular weight is 421 g/mol. The molecule has 0 unspecified atom stereocenters. The summed E-state index contributed by atoms with van der Waals surface area (Å²) < 4.78 is 17.4. The maximum atomic E-state index is 12.9. The van der Waals surface area contributed by atoms with E-state index in [1.807, 2.05) is 50.2 Å². The highest BCUT2D eigenvalue weighted by molar-refractivity contribution is 5.94. The van der Waals surface area contributed by atoms with Crippen molar-refractivity contribution in [2.24, 2.45) is 0 Å². The number of likely N-dealkylation sites (N-methyl/N-ethyl adjacent to an activating group) is 1. The van der Waals surface area contributed by atoms with Crippen molar-refractivity contribution in [3.8, 4) is 17.2 Å². The minimum Gasteiger partial charge on any atom is -0.491 e. The summed E-state index contributed by atoms with van der Waals surface area (Å²) >= 11 is 0. The van der Waals surface area contributed by atoms with Crippen LogP contribution >= 0.6 is 0 Å². The van der Waals surface area contributed by atoms with E-state index in [2.05, 4.69) is 4.98 Å². The van der Waals surface area contributed by atoms with Crippen LogP contribution in [0.4, 0.5) is 0 Å². The number of pyridine rings is 1. The maximum Gasteiger partial charge on any atom is 0.253 e. The lowest BCUT2D eigenvalue weighted by atomic mass is 10.1. The van der Waals surface area contributed by atoms with Gasteiger partial charge in [-0.05, 0) is 61.4 Å². The van der Waals surface area contributed by atoms with E-state index in [0.29, 0.717) is 43.4 Å². The van der Waals surface area contributed by atoms with Crippen molar-refractivity contribution in [3.05, 3.63) is 83.7 Å². The SMILES string of the molecule is CCOc1cc(C(=O)N(C)CCOc2ccccc2C)ccc1OCc1ccncc1. The van der Waals surface area contributed by atoms with Crippen LogP contribution in [-0.4, -0.2) is 42.6 Å². The molecule has 1 amide bonds. The van der Waals surface area contributed by atoms with E-state index in [9.17, 15) is 4.79 Å². The van der Waals surface area contributed by atoms with Gasteiger partial charge >= 0.3 is 0 Å². The van der Waals surface area contributed by atoms with Crippen LogP contribution in [0, 0.1) is 6.92 Å². The Morgan fingerprint density at radius 1 is 0.935 bits per heavy atom. The van der Waals surface area contributed by atoms with Gasteiger partial charge in [0.25, 0.3) is 5.91 Å². The predicted octanol–water partition coefficient (Wildman–Crippen LogP) is 4.52. The Morgan fingerprint density at radius 3 is 2.45 bits per heavy atom. The number of carbonyl (C=O) groups is 1. The van der Waals surface area contributed by atoms with Crippen molar-refractivity contribution >= 4 is 5.91 Å². The van der Waals surface area contributed by atoms with Crippen molar-refractivity contribution in [2.75, 3.05) is 26.8 Å². The van der Waals surface area contributed by atoms with Gasteiger partial charge in [0.1, 0.15) is 19.0 Å². The van der Waals surface area contributed by atoms with Gasteiger partial charge in [-0.25, -0.2) is 0 Å². The second-order valence-electron chi connectivity index (χ2n) is 7.08. The molecular weight excluding hydrogens is 392 g/mol. The summed E-state index contributed by atoms with van der Waals surface area (Å²) in [5.74, 6) is 1.88. The third kappa shape index (κ3) is 6.22. The van der Waals surface area contributed by atoms with Crippen LogP contribution in [0.5, 0.6) is 17.2 Å². The number of hydrogen-bond acceptors (Lipinski definition) is 5. The molecule has 0 saturated carbocycles. The van der Waals surface area contributed by atoms with Crippen LogP contribution < -0.4 is 14.2 Å². The number of ether oxygens (including phenoxy) is 3. The summed E-state index contributed by atoms with van der Waals surface area (Å²) in [6.45, 7) is 5.65. The number of amides is 1. The number of rotatable bonds is 10. The van der Waals surface area contributed by atoms with E-state index in [1.54, 1.807) is 42.5 Å². The highest BCUT2D eigenvalue weighted by Gasteiger charge is 2.15. The molecule has 0 spiro atoms. The third-order valence-corrected chi connectivity index (χ3v) is 4.76. The molecule has 31 heavy (non-hydrogen) atoms. The number of para-hydroxylation sites is 1. The zero-order chi connectivity index (χ0) is 22.1. The Morgan fingerprint density at radius 2 is 1.71 bits per heavy atom. The molecule has 0 aliphatic rings. The van der Waals surface area contributed by atoms with E-state index in [0.717, 1.165) is 16.9 Å². The first-order chi connectivity index (χ1) is 15.1. The van der Waals surface area contributed by atoms with Gasteiger partial charge in [-0.15, -0.1) is 0 Å². The monoisotopic (exact) mass is 420 g/mol. The standard InChI is InChI=1S/C25H28N2O4/c1-4-29-24-17-21(9-10-23(24)31-18-20-11-13-26-14-12-20)25(28)27(3)15-16-30-22-8-6-5-7-19(22)2/h5-14,17H,4,15-16,18H2,1-3H3. The van der Waals surface area contributed by atoms with E-state index < -0.39 is 0 Å². The molecule has 1 aromatic heterocycles. The molecule has 0 bridgehead atoms. The van der Waals surface area contributed by atoms with Gasteiger partial charge in [-0.2, -0.15) is 0 Å². The zero-order valence-electron chi connectivity index (χ0n) is 18.2. The second kappa shape index (κ2) is 11.0. The second-order valence-corrected chi connectivity index (χ2v) is 7.08. The number of aromatic nitrogens is 1. The molecule has 1 heterocycles. The van der Waals surface area contributed by atoms with Crippen molar-refractivity contribution in [3.63, 3.8) is 0 Å². The summed E-state index contributed by atoms with van der Waals surface area (Å²) in [7, 11) is 1.76. The minimum atomic E-state index is -0.102. The summed E-state index contributed by atoms with van der Waals surface area (Å²) in [6, 6.07) is 16.9. The number of aryl methyl sites for hydroxylation is 1. The van der Waals surface area contributed by atoms with E-state index in [4.69, 9.17) is 14.2 Å². The summed E-state index contributed by atoms with van der Waals surface area (Å²) in [6.07, 6.45) is 3.45. The number of benzene rings is 2. The number of nitrogens with zero attached hydrogens (tertiary/aromatic N) is 2. The molecule has 0 atom stereocenters. The first-order valence-corrected chi connectivity index (χ1v) is 10.3. The Balaban J connectivity index is 1.61. The normalized spacial score (nSPS) is 10.4. The first kappa shape index (κ1) is 22.2. The van der Waals surface area contributed by atoms with Gasteiger partial charge < -0.3 is 19.1 Å². The van der Waals surface area contributed by atoms with Gasteiger partial charge in [-0.3, -0.25) is 9.78 Å². The van der Waals surface area contributed by atoms with Crippen LogP contribution in [-0.2, 0) is 6.61 Å². The molecule has 0 saturated heterocycles. The molecule has 2 aromatic carbocycles. The fourth-order valence-corrected chi connectivity index (χ4v) is 3.00. The van der Waals surface area contributed by atoms with E-state index in [-0.39, 0.29) is 5.91 Å². The van der Waals surface area contributed by atoms with Gasteiger partial charge in [0, 0.05) is 25.0 Å². The van der Waals surface area contributed by atoms with Gasteiger partial charge in [0.15, 0.2) is 11.5 Å². The lowest BCUT2D eigenvalue weighted by molar-refractivity contribution is 0.0773. The number of carbonyl (C=O) groups excluding carboxylic acids is 1. The highest BCUT2D eigenvalue weighted by Crippen LogP contribution is 2.29. The fourth-order valence-electron chi connectivity index (χ4n) is 3.00. The molecule has 0 N–H and O–H groups in total. The van der Waals surface area contributed by atoms with Crippen molar-refractivity contribution in [2.45, 2.75) is 20.5 Å². The van der Waals surface area contributed by atoms with Crippen LogP contribution in [0.15, 0.2) is 67.0 Å². The first-order valence-electron chi connectivity index (χ1n) is 10.3. The Bertz CT molecular complexity index is 992. The molecule has 6 nitrogen and oxygen atoms in total. The van der Waals surface area contributed by atoms with Crippen LogP contribution in [0.3, 0.4) is 0 Å². The van der Waals surface area contributed by atoms with Gasteiger partial charge in [0.05, 0.1) is 13.2 Å². The van der Waals surface area contributed by atoms with E-state index >= 15 is 0 Å². The molecule has 0 aliphatic heterocycles. The molecule has 162 valence electrons. The lowest BCUT2D eigenvalue weighted by Crippen LogP contribution is -2.31. The lowest BCUT2D eigenvalue weighted by Gasteiger charge is -2.19. The largest absolute Gasteiger partial charge is 0.491 e. The van der Waals surface area contributed by atoms with Crippen LogP contribution in [0.1, 0.15) is 28.4 Å². The van der Waals surface area contributed by atoms with E-state index in [1.165, 1.54) is 0 Å². The summed E-state index contributed by atoms with van der Waals surface area (Å²) in [4.78, 5) is 18.5. The van der Waals surface area contributed by atoms with Gasteiger partial charge in [0.2, 0.25) is 0 Å². The Hall–Kier alpha value is -3.54.